The SMILES string of the molecule is c1ccc(-c2cccc3c2c2c4ccccc4ccc2n3-c2cc3ccccc3c3c2oc2cc(-c4nc5ccccc5o4)ccc23)cc1. The first kappa shape index (κ1) is 26.4. The quantitative estimate of drug-likeness (QED) is 0.196. The predicted molar refractivity (Wildman–Crippen MR) is 202 cm³/mol. The van der Waals surface area contributed by atoms with Gasteiger partial charge in [0.25, 0.3) is 0 Å². The van der Waals surface area contributed by atoms with Gasteiger partial charge in [0.15, 0.2) is 11.2 Å². The zero-order chi connectivity index (χ0) is 32.1. The van der Waals surface area contributed by atoms with Gasteiger partial charge in [0, 0.05) is 27.1 Å². The molecule has 3 heterocycles. The second-order valence-corrected chi connectivity index (χ2v) is 12.7. The van der Waals surface area contributed by atoms with Gasteiger partial charge >= 0.3 is 0 Å². The second-order valence-electron chi connectivity index (χ2n) is 12.7. The molecule has 0 aliphatic heterocycles. The summed E-state index contributed by atoms with van der Waals surface area (Å²) in [6, 6.07) is 55.6. The fraction of sp³-hybridized carbons (Fsp3) is 0. The molecule has 8 aromatic carbocycles. The van der Waals surface area contributed by atoms with Gasteiger partial charge in [-0.05, 0) is 81.2 Å². The van der Waals surface area contributed by atoms with Crippen LogP contribution in [0.2, 0.25) is 0 Å². The van der Waals surface area contributed by atoms with Crippen molar-refractivity contribution in [3.63, 3.8) is 0 Å². The molecule has 0 aliphatic rings. The average molecular weight is 627 g/mol. The summed E-state index contributed by atoms with van der Waals surface area (Å²) in [5.41, 5.74) is 9.82. The Hall–Kier alpha value is -6.65. The number of fused-ring (bicyclic) bond motifs is 11. The number of nitrogens with zero attached hydrogens (tertiary/aromatic N) is 2. The lowest BCUT2D eigenvalue weighted by Gasteiger charge is -2.12. The van der Waals surface area contributed by atoms with Crippen molar-refractivity contribution in [1.29, 1.82) is 0 Å². The van der Waals surface area contributed by atoms with Crippen molar-refractivity contribution in [2.24, 2.45) is 0 Å². The van der Waals surface area contributed by atoms with E-state index < -0.39 is 0 Å². The maximum Gasteiger partial charge on any atom is 0.227 e. The molecule has 11 aromatic rings. The van der Waals surface area contributed by atoms with Gasteiger partial charge in [-0.3, -0.25) is 0 Å². The number of oxazole rings is 1. The van der Waals surface area contributed by atoms with E-state index in [9.17, 15) is 0 Å². The first-order chi connectivity index (χ1) is 24.3. The molecule has 0 amide bonds. The van der Waals surface area contributed by atoms with Crippen LogP contribution in [0.4, 0.5) is 0 Å². The molecule has 0 fully saturated rings. The minimum atomic E-state index is 0.580. The van der Waals surface area contributed by atoms with Crippen molar-refractivity contribution in [3.8, 4) is 28.3 Å². The molecule has 228 valence electrons. The molecule has 0 saturated heterocycles. The van der Waals surface area contributed by atoms with Gasteiger partial charge in [-0.15, -0.1) is 0 Å². The number of hydrogen-bond donors (Lipinski definition) is 0. The summed E-state index contributed by atoms with van der Waals surface area (Å²) in [5, 5.41) is 9.40. The van der Waals surface area contributed by atoms with E-state index in [4.69, 9.17) is 13.8 Å². The Kier molecular flexibility index (Phi) is 5.35. The third-order valence-electron chi connectivity index (χ3n) is 9.99. The first-order valence-corrected chi connectivity index (χ1v) is 16.5. The van der Waals surface area contributed by atoms with Crippen LogP contribution in [0.1, 0.15) is 0 Å². The van der Waals surface area contributed by atoms with E-state index in [2.05, 4.69) is 138 Å². The monoisotopic (exact) mass is 626 g/mol. The van der Waals surface area contributed by atoms with Crippen LogP contribution in [0.15, 0.2) is 167 Å². The summed E-state index contributed by atoms with van der Waals surface area (Å²) in [6.07, 6.45) is 0. The second kappa shape index (κ2) is 9.93. The molecular weight excluding hydrogens is 601 g/mol. The topological polar surface area (TPSA) is 44.1 Å². The highest BCUT2D eigenvalue weighted by Crippen LogP contribution is 2.45. The molecule has 3 aromatic heterocycles. The summed E-state index contributed by atoms with van der Waals surface area (Å²) in [4.78, 5) is 4.77. The fourth-order valence-electron chi connectivity index (χ4n) is 7.85. The minimum absolute atomic E-state index is 0.580. The highest BCUT2D eigenvalue weighted by atomic mass is 16.3. The van der Waals surface area contributed by atoms with E-state index in [-0.39, 0.29) is 0 Å². The first-order valence-electron chi connectivity index (χ1n) is 16.5. The number of para-hydroxylation sites is 2. The summed E-state index contributed by atoms with van der Waals surface area (Å²) in [5.74, 6) is 0.580. The number of hydrogen-bond acceptors (Lipinski definition) is 3. The Balaban J connectivity index is 1.27. The molecule has 0 bridgehead atoms. The Morgan fingerprint density at radius 2 is 1.20 bits per heavy atom. The van der Waals surface area contributed by atoms with E-state index in [1.54, 1.807) is 0 Å². The number of rotatable bonds is 3. The van der Waals surface area contributed by atoms with Gasteiger partial charge in [0.1, 0.15) is 11.1 Å². The highest BCUT2D eigenvalue weighted by Gasteiger charge is 2.23. The molecule has 0 saturated carbocycles. The maximum absolute atomic E-state index is 6.96. The van der Waals surface area contributed by atoms with E-state index in [1.165, 1.54) is 32.7 Å². The van der Waals surface area contributed by atoms with Crippen molar-refractivity contribution >= 4 is 76.4 Å². The van der Waals surface area contributed by atoms with Crippen molar-refractivity contribution in [2.75, 3.05) is 0 Å². The molecule has 4 nitrogen and oxygen atoms in total. The van der Waals surface area contributed by atoms with Gasteiger partial charge < -0.3 is 13.4 Å². The highest BCUT2D eigenvalue weighted by molar-refractivity contribution is 6.27. The van der Waals surface area contributed by atoms with Crippen LogP contribution in [-0.2, 0) is 0 Å². The van der Waals surface area contributed by atoms with Crippen LogP contribution in [0.3, 0.4) is 0 Å². The lowest BCUT2D eigenvalue weighted by atomic mass is 9.97. The van der Waals surface area contributed by atoms with Gasteiger partial charge in [-0.2, -0.15) is 0 Å². The standard InChI is InChI=1S/C45H26N2O2/c1-2-11-27(12-3-1)32-17-10-19-36-42(32)43-31-15-6-4-13-28(31)22-24-37(43)47(36)38-25-29-14-5-7-16-33(29)41-34-23-21-30(26-40(34)48-44(38)41)45-46-35-18-8-9-20-39(35)49-45/h1-26H. The third-order valence-corrected chi connectivity index (χ3v) is 9.99. The number of aromatic nitrogens is 2. The molecule has 4 heteroatoms. The van der Waals surface area contributed by atoms with E-state index in [1.807, 2.05) is 24.3 Å². The lowest BCUT2D eigenvalue weighted by Crippen LogP contribution is -1.95. The summed E-state index contributed by atoms with van der Waals surface area (Å²) in [6.45, 7) is 0. The maximum atomic E-state index is 6.96. The Labute approximate surface area is 280 Å². The summed E-state index contributed by atoms with van der Waals surface area (Å²) >= 11 is 0. The van der Waals surface area contributed by atoms with Crippen LogP contribution in [0.25, 0.3) is 105 Å². The van der Waals surface area contributed by atoms with Crippen LogP contribution < -0.4 is 0 Å². The summed E-state index contributed by atoms with van der Waals surface area (Å²) < 4.78 is 15.5. The Morgan fingerprint density at radius 1 is 0.449 bits per heavy atom. The lowest BCUT2D eigenvalue weighted by molar-refractivity contribution is 0.619. The Morgan fingerprint density at radius 3 is 2.08 bits per heavy atom. The van der Waals surface area contributed by atoms with Crippen molar-refractivity contribution in [1.82, 2.24) is 9.55 Å². The van der Waals surface area contributed by atoms with Crippen LogP contribution in [-0.4, -0.2) is 9.55 Å². The molecule has 0 atom stereocenters. The van der Waals surface area contributed by atoms with Gasteiger partial charge in [0.05, 0.1) is 16.7 Å². The smallest absolute Gasteiger partial charge is 0.227 e. The molecule has 0 spiro atoms. The van der Waals surface area contributed by atoms with Gasteiger partial charge in [0.2, 0.25) is 5.89 Å². The van der Waals surface area contributed by atoms with Crippen LogP contribution in [0, 0.1) is 0 Å². The predicted octanol–water partition coefficient (Wildman–Crippen LogP) is 12.5. The van der Waals surface area contributed by atoms with Crippen LogP contribution >= 0.6 is 0 Å². The molecule has 0 aliphatic carbocycles. The fourth-order valence-corrected chi connectivity index (χ4v) is 7.85. The van der Waals surface area contributed by atoms with Crippen molar-refractivity contribution in [3.05, 3.63) is 158 Å². The molecule has 0 N–H and O–H groups in total. The molecular formula is C45H26N2O2. The molecule has 11 rings (SSSR count). The van der Waals surface area contributed by atoms with E-state index >= 15 is 0 Å². The molecule has 0 unspecified atom stereocenters. The molecule has 49 heavy (non-hydrogen) atoms. The van der Waals surface area contributed by atoms with Gasteiger partial charge in [-0.1, -0.05) is 109 Å². The third kappa shape index (κ3) is 3.77. The van der Waals surface area contributed by atoms with Crippen LogP contribution in [0.5, 0.6) is 0 Å². The normalized spacial score (nSPS) is 12.1. The number of benzene rings is 8. The van der Waals surface area contributed by atoms with Crippen molar-refractivity contribution < 1.29 is 8.83 Å². The van der Waals surface area contributed by atoms with E-state index in [0.717, 1.165) is 66.1 Å². The summed E-state index contributed by atoms with van der Waals surface area (Å²) in [7, 11) is 0. The number of furan rings is 1. The zero-order valence-corrected chi connectivity index (χ0v) is 26.2. The zero-order valence-electron chi connectivity index (χ0n) is 26.2. The largest absolute Gasteiger partial charge is 0.454 e. The molecule has 0 radical (unpaired) electrons. The average Bonchev–Trinajstić information content (AvgIpc) is 3.87. The van der Waals surface area contributed by atoms with Crippen molar-refractivity contribution in [2.45, 2.75) is 0 Å². The minimum Gasteiger partial charge on any atom is -0.454 e. The van der Waals surface area contributed by atoms with Gasteiger partial charge in [-0.25, -0.2) is 4.98 Å². The van der Waals surface area contributed by atoms with E-state index in [0.29, 0.717) is 5.89 Å². The Bertz CT molecular complexity index is 3070.